The van der Waals surface area contributed by atoms with Gasteiger partial charge < -0.3 is 14.7 Å². The minimum absolute atomic E-state index is 0.350. The fourth-order valence-corrected chi connectivity index (χ4v) is 1.04. The highest BCUT2D eigenvalue weighted by Crippen LogP contribution is 2.08. The molecule has 1 rings (SSSR count). The number of β-amino-alcohol motifs (C(OH)–C–C–N with tert-alkyl or cyclic N) is 1. The Morgan fingerprint density at radius 3 is 2.90 bits per heavy atom. The molecule has 4 heteroatoms. The number of aliphatic hydroxyl groups is 1. The van der Waals surface area contributed by atoms with Crippen LogP contribution in [0, 0.1) is 0 Å². The van der Waals surface area contributed by atoms with Gasteiger partial charge in [0.25, 0.3) is 0 Å². The van der Waals surface area contributed by atoms with Crippen LogP contribution < -0.4 is 0 Å². The number of hydrogen-bond donors (Lipinski definition) is 1. The minimum atomic E-state index is -0.362. The van der Waals surface area contributed by atoms with E-state index in [1.807, 2.05) is 0 Å². The molecule has 0 bridgehead atoms. The predicted molar refractivity (Wildman–Crippen MR) is 34.6 cm³/mol. The molecule has 1 heterocycles. The van der Waals surface area contributed by atoms with Crippen molar-refractivity contribution in [2.24, 2.45) is 0 Å². The Hall–Kier alpha value is -0.770. The average Bonchev–Trinajstić information content (AvgIpc) is 2.34. The lowest BCUT2D eigenvalue weighted by molar-refractivity contribution is 0.122. The summed E-state index contributed by atoms with van der Waals surface area (Å²) in [4.78, 5) is 12.2. The number of rotatable bonds is 0. The first-order chi connectivity index (χ1) is 4.74. The van der Waals surface area contributed by atoms with Gasteiger partial charge in [0.15, 0.2) is 0 Å². The van der Waals surface area contributed by atoms with Crippen molar-refractivity contribution >= 4 is 6.09 Å². The van der Waals surface area contributed by atoms with Crippen LogP contribution >= 0.6 is 0 Å². The molecule has 1 saturated heterocycles. The minimum Gasteiger partial charge on any atom is -0.453 e. The molecule has 0 saturated carbocycles. The van der Waals surface area contributed by atoms with Crippen LogP contribution in [0.25, 0.3) is 0 Å². The zero-order chi connectivity index (χ0) is 7.56. The molecule has 10 heavy (non-hydrogen) atoms. The van der Waals surface area contributed by atoms with Gasteiger partial charge in [0.2, 0.25) is 0 Å². The molecule has 0 aromatic heterocycles. The van der Waals surface area contributed by atoms with Gasteiger partial charge in [-0.1, -0.05) is 0 Å². The Kier molecular flexibility index (Phi) is 2.11. The third-order valence-electron chi connectivity index (χ3n) is 1.60. The number of ether oxygens (including phenoxy) is 1. The molecule has 1 fully saturated rings. The van der Waals surface area contributed by atoms with Gasteiger partial charge in [-0.2, -0.15) is 0 Å². The van der Waals surface area contributed by atoms with Crippen molar-refractivity contribution in [2.75, 3.05) is 20.2 Å². The van der Waals surface area contributed by atoms with E-state index in [0.717, 1.165) is 0 Å². The number of nitrogens with zero attached hydrogens (tertiary/aromatic N) is 1. The van der Waals surface area contributed by atoms with E-state index in [1.165, 1.54) is 12.0 Å². The molecule has 1 amide bonds. The van der Waals surface area contributed by atoms with Crippen LogP contribution in [0.15, 0.2) is 0 Å². The first-order valence-corrected chi connectivity index (χ1v) is 3.25. The van der Waals surface area contributed by atoms with Gasteiger partial charge in [-0.3, -0.25) is 0 Å². The van der Waals surface area contributed by atoms with Gasteiger partial charge in [0, 0.05) is 13.1 Å². The van der Waals surface area contributed by atoms with Gasteiger partial charge in [0.05, 0.1) is 13.2 Å². The van der Waals surface area contributed by atoms with Gasteiger partial charge in [-0.05, 0) is 6.42 Å². The van der Waals surface area contributed by atoms with Crippen molar-refractivity contribution in [3.05, 3.63) is 0 Å². The van der Waals surface area contributed by atoms with Crippen molar-refractivity contribution in [3.8, 4) is 0 Å². The van der Waals surface area contributed by atoms with Crippen LogP contribution in [0.4, 0.5) is 4.79 Å². The summed E-state index contributed by atoms with van der Waals surface area (Å²) in [7, 11) is 1.34. The van der Waals surface area contributed by atoms with E-state index in [2.05, 4.69) is 4.74 Å². The summed E-state index contributed by atoms with van der Waals surface area (Å²) in [6, 6.07) is 0. The van der Waals surface area contributed by atoms with Crippen molar-refractivity contribution < 1.29 is 14.6 Å². The Bertz CT molecular complexity index is 137. The van der Waals surface area contributed by atoms with E-state index < -0.39 is 0 Å². The highest BCUT2D eigenvalue weighted by Gasteiger charge is 2.24. The Morgan fingerprint density at radius 1 is 1.80 bits per heavy atom. The Balaban J connectivity index is 2.37. The summed E-state index contributed by atoms with van der Waals surface area (Å²) in [5.41, 5.74) is 0. The molecule has 1 atom stereocenters. The highest BCUT2D eigenvalue weighted by atomic mass is 16.5. The summed E-state index contributed by atoms with van der Waals surface area (Å²) in [6.45, 7) is 1.01. The average molecular weight is 145 g/mol. The molecule has 0 spiro atoms. The Labute approximate surface area is 59.4 Å². The van der Waals surface area contributed by atoms with Crippen molar-refractivity contribution in [3.63, 3.8) is 0 Å². The van der Waals surface area contributed by atoms with Gasteiger partial charge in [-0.15, -0.1) is 0 Å². The van der Waals surface area contributed by atoms with E-state index in [4.69, 9.17) is 5.11 Å². The number of aliphatic hydroxyl groups excluding tert-OH is 1. The van der Waals surface area contributed by atoms with Crippen LogP contribution in [0.3, 0.4) is 0 Å². The first-order valence-electron chi connectivity index (χ1n) is 3.25. The summed E-state index contributed by atoms with van der Waals surface area (Å²) < 4.78 is 4.46. The summed E-state index contributed by atoms with van der Waals surface area (Å²) in [6.07, 6.45) is -0.0506. The monoisotopic (exact) mass is 145 g/mol. The lowest BCUT2D eigenvalue weighted by Crippen LogP contribution is -2.29. The first kappa shape index (κ1) is 7.34. The third kappa shape index (κ3) is 1.39. The lowest BCUT2D eigenvalue weighted by atomic mass is 10.3. The second kappa shape index (κ2) is 2.88. The molecule has 1 aliphatic heterocycles. The van der Waals surface area contributed by atoms with Crippen molar-refractivity contribution in [1.29, 1.82) is 0 Å². The Morgan fingerprint density at radius 2 is 2.50 bits per heavy atom. The van der Waals surface area contributed by atoms with Crippen LogP contribution in [0.1, 0.15) is 6.42 Å². The van der Waals surface area contributed by atoms with Crippen molar-refractivity contribution in [1.82, 2.24) is 4.90 Å². The van der Waals surface area contributed by atoms with Gasteiger partial charge >= 0.3 is 6.09 Å². The number of likely N-dealkylation sites (tertiary alicyclic amines) is 1. The summed E-state index contributed by atoms with van der Waals surface area (Å²) in [5.74, 6) is 0. The van der Waals surface area contributed by atoms with Crippen LogP contribution in [0.2, 0.25) is 0 Å². The molecule has 1 unspecified atom stereocenters. The number of carbonyl (C=O) groups excluding carboxylic acids is 1. The highest BCUT2D eigenvalue weighted by molar-refractivity contribution is 5.67. The molecule has 0 aliphatic carbocycles. The van der Waals surface area contributed by atoms with Crippen LogP contribution in [-0.4, -0.2) is 42.4 Å². The maximum absolute atomic E-state index is 10.8. The van der Waals surface area contributed by atoms with Gasteiger partial charge in [0.1, 0.15) is 0 Å². The molecule has 0 aromatic carbocycles. The normalized spacial score (nSPS) is 25.0. The van der Waals surface area contributed by atoms with E-state index in [9.17, 15) is 4.79 Å². The smallest absolute Gasteiger partial charge is 0.409 e. The van der Waals surface area contributed by atoms with E-state index in [1.54, 1.807) is 0 Å². The van der Waals surface area contributed by atoms with Crippen LogP contribution in [0.5, 0.6) is 0 Å². The summed E-state index contributed by atoms with van der Waals surface area (Å²) in [5, 5.41) is 8.99. The number of hydrogen-bond acceptors (Lipinski definition) is 3. The molecular weight excluding hydrogens is 134 g/mol. The van der Waals surface area contributed by atoms with E-state index >= 15 is 0 Å². The second-order valence-electron chi connectivity index (χ2n) is 2.36. The van der Waals surface area contributed by atoms with E-state index in [0.29, 0.717) is 19.5 Å². The number of carbonyl (C=O) groups is 1. The molecule has 0 radical (unpaired) electrons. The molecular formula is C6H11NO3. The van der Waals surface area contributed by atoms with Crippen molar-refractivity contribution in [2.45, 2.75) is 12.5 Å². The molecule has 4 nitrogen and oxygen atoms in total. The fraction of sp³-hybridized carbons (Fsp3) is 0.833. The topological polar surface area (TPSA) is 49.8 Å². The van der Waals surface area contributed by atoms with E-state index in [-0.39, 0.29) is 12.2 Å². The quantitative estimate of drug-likeness (QED) is 0.514. The maximum atomic E-state index is 10.8. The standard InChI is InChI=1S/C6H11NO3/c1-10-6(9)7-3-2-5(8)4-7/h5,8H,2-4H2,1H3. The third-order valence-corrected chi connectivity index (χ3v) is 1.60. The van der Waals surface area contributed by atoms with Crippen LogP contribution in [-0.2, 0) is 4.74 Å². The second-order valence-corrected chi connectivity index (χ2v) is 2.36. The molecule has 58 valence electrons. The lowest BCUT2D eigenvalue weighted by Gasteiger charge is -2.12. The number of amides is 1. The fourth-order valence-electron chi connectivity index (χ4n) is 1.04. The molecule has 1 N–H and O–H groups in total. The summed E-state index contributed by atoms with van der Waals surface area (Å²) >= 11 is 0. The maximum Gasteiger partial charge on any atom is 0.409 e. The SMILES string of the molecule is COC(=O)N1CCC(O)C1. The number of methoxy groups -OCH3 is 1. The molecule has 1 aliphatic rings. The molecule has 0 aromatic rings. The van der Waals surface area contributed by atoms with Gasteiger partial charge in [-0.25, -0.2) is 4.79 Å². The zero-order valence-electron chi connectivity index (χ0n) is 5.91. The predicted octanol–water partition coefficient (Wildman–Crippen LogP) is -0.181. The largest absolute Gasteiger partial charge is 0.453 e. The zero-order valence-corrected chi connectivity index (χ0v) is 5.91.